The second kappa shape index (κ2) is 10.7. The molecule has 2 nitrogen and oxygen atoms in total. The van der Waals surface area contributed by atoms with E-state index in [1.165, 1.54) is 106 Å². The summed E-state index contributed by atoms with van der Waals surface area (Å²) in [4.78, 5) is 0. The minimum Gasteiger partial charge on any atom is -0.309 e. The van der Waals surface area contributed by atoms with Gasteiger partial charge < -0.3 is 9.13 Å². The molecule has 0 bridgehead atoms. The molecule has 12 aromatic rings. The van der Waals surface area contributed by atoms with E-state index in [4.69, 9.17) is 0 Å². The summed E-state index contributed by atoms with van der Waals surface area (Å²) >= 11 is 3.80. The minimum absolute atomic E-state index is 1.17. The minimum atomic E-state index is 1.17. The smallest absolute Gasteiger partial charge is 0.0641 e. The molecule has 0 saturated heterocycles. The molecule has 4 heteroatoms. The van der Waals surface area contributed by atoms with Gasteiger partial charge in [0.2, 0.25) is 0 Å². The van der Waals surface area contributed by atoms with Gasteiger partial charge >= 0.3 is 0 Å². The maximum atomic E-state index is 2.52. The molecule has 0 aliphatic heterocycles. The average Bonchev–Trinajstić information content (AvgIpc) is 3.95. The fourth-order valence-corrected chi connectivity index (χ4v) is 11.2. The first kappa shape index (κ1) is 28.5. The highest BCUT2D eigenvalue weighted by atomic mass is 32.1. The van der Waals surface area contributed by atoms with Crippen LogP contribution in [0.15, 0.2) is 170 Å². The van der Waals surface area contributed by atoms with Crippen molar-refractivity contribution in [2.24, 2.45) is 0 Å². The highest BCUT2D eigenvalue weighted by Gasteiger charge is 2.23. The van der Waals surface area contributed by atoms with Gasteiger partial charge in [-0.05, 0) is 60.2 Å². The third-order valence-electron chi connectivity index (χ3n) is 10.9. The number of benzene rings is 8. The molecular formula is C48H28N2S2. The number of para-hydroxylation sites is 3. The van der Waals surface area contributed by atoms with Crippen molar-refractivity contribution >= 4 is 107 Å². The number of fused-ring (bicyclic) bond motifs is 13. The highest BCUT2D eigenvalue weighted by Crippen LogP contribution is 2.48. The molecule has 0 aliphatic carbocycles. The lowest BCUT2D eigenvalue weighted by molar-refractivity contribution is 1.18. The molecule has 4 aromatic heterocycles. The lowest BCUT2D eigenvalue weighted by atomic mass is 9.97. The quantitative estimate of drug-likeness (QED) is 0.174. The second-order valence-electron chi connectivity index (χ2n) is 13.6. The van der Waals surface area contributed by atoms with Gasteiger partial charge in [-0.1, -0.05) is 115 Å². The third kappa shape index (κ3) is 3.77. The molecule has 0 atom stereocenters. The van der Waals surface area contributed by atoms with Gasteiger partial charge in [-0.25, -0.2) is 0 Å². The normalized spacial score (nSPS) is 12.2. The topological polar surface area (TPSA) is 9.86 Å². The molecule has 0 spiro atoms. The number of rotatable bonds is 3. The zero-order chi connectivity index (χ0) is 33.9. The Bertz CT molecular complexity index is 3410. The maximum absolute atomic E-state index is 2.52. The van der Waals surface area contributed by atoms with Crippen LogP contribution in [0.4, 0.5) is 0 Å². The summed E-state index contributed by atoms with van der Waals surface area (Å²) in [6, 6.07) is 62.6. The summed E-state index contributed by atoms with van der Waals surface area (Å²) in [7, 11) is 0. The van der Waals surface area contributed by atoms with Crippen molar-refractivity contribution in [3.63, 3.8) is 0 Å². The Morgan fingerprint density at radius 2 is 0.962 bits per heavy atom. The van der Waals surface area contributed by atoms with Crippen LogP contribution in [-0.2, 0) is 0 Å². The first-order valence-electron chi connectivity index (χ1n) is 17.7. The van der Waals surface area contributed by atoms with Crippen molar-refractivity contribution in [2.45, 2.75) is 0 Å². The van der Waals surface area contributed by atoms with Crippen LogP contribution in [-0.4, -0.2) is 9.13 Å². The Morgan fingerprint density at radius 1 is 0.327 bits per heavy atom. The predicted octanol–water partition coefficient (Wildman–Crippen LogP) is 14.3. The van der Waals surface area contributed by atoms with Crippen molar-refractivity contribution in [1.82, 2.24) is 9.13 Å². The van der Waals surface area contributed by atoms with Gasteiger partial charge in [0.15, 0.2) is 0 Å². The zero-order valence-corrected chi connectivity index (χ0v) is 29.5. The molecule has 4 heterocycles. The summed E-state index contributed by atoms with van der Waals surface area (Å²) in [6.45, 7) is 0. The van der Waals surface area contributed by atoms with Crippen LogP contribution in [0.25, 0.3) is 106 Å². The largest absolute Gasteiger partial charge is 0.309 e. The molecule has 0 unspecified atom stereocenters. The number of nitrogens with zero attached hydrogens (tertiary/aromatic N) is 2. The Hall–Kier alpha value is -6.20. The first-order chi connectivity index (χ1) is 25.8. The number of thiophene rings is 2. The van der Waals surface area contributed by atoms with E-state index >= 15 is 0 Å². The summed E-state index contributed by atoms with van der Waals surface area (Å²) in [5.74, 6) is 0. The second-order valence-corrected chi connectivity index (χ2v) is 15.7. The molecule has 0 aliphatic rings. The van der Waals surface area contributed by atoms with Gasteiger partial charge in [-0.2, -0.15) is 0 Å². The molecule has 8 aromatic carbocycles. The Balaban J connectivity index is 1.20. The molecule has 52 heavy (non-hydrogen) atoms. The molecule has 12 rings (SSSR count). The molecule has 242 valence electrons. The van der Waals surface area contributed by atoms with Gasteiger partial charge in [0.25, 0.3) is 0 Å². The lowest BCUT2D eigenvalue weighted by Gasteiger charge is -2.11. The van der Waals surface area contributed by atoms with Crippen LogP contribution in [0.3, 0.4) is 0 Å². The van der Waals surface area contributed by atoms with E-state index in [2.05, 4.69) is 179 Å². The van der Waals surface area contributed by atoms with Crippen molar-refractivity contribution in [2.75, 3.05) is 0 Å². The fourth-order valence-electron chi connectivity index (χ4n) is 8.84. The van der Waals surface area contributed by atoms with Crippen LogP contribution in [0.1, 0.15) is 0 Å². The van der Waals surface area contributed by atoms with Crippen LogP contribution in [0.5, 0.6) is 0 Å². The highest BCUT2D eigenvalue weighted by molar-refractivity contribution is 7.27. The average molecular weight is 697 g/mol. The molecule has 0 fully saturated rings. The standard InChI is InChI=1S/C48H28N2S2/c1-2-13-29(14-3-1)49-37-21-7-4-15-30(37)32-27-28-40-46(47(32)49)34-16-5-8-22-38(34)50(40)39-23-12-26-43-45(39)36-20-10-19-33(48(36)52-43)31-18-11-25-42-44(31)35-17-6-9-24-41(35)51-42/h1-28H. The Kier molecular flexibility index (Phi) is 5.84. The van der Waals surface area contributed by atoms with Gasteiger partial charge in [0, 0.05) is 73.1 Å². The predicted molar refractivity (Wildman–Crippen MR) is 226 cm³/mol. The number of hydrogen-bond acceptors (Lipinski definition) is 2. The van der Waals surface area contributed by atoms with Gasteiger partial charge in [0.1, 0.15) is 0 Å². The van der Waals surface area contributed by atoms with Gasteiger partial charge in [0.05, 0.1) is 27.8 Å². The summed E-state index contributed by atoms with van der Waals surface area (Å²) in [5, 5.41) is 10.4. The van der Waals surface area contributed by atoms with E-state index in [1.54, 1.807) is 0 Å². The lowest BCUT2D eigenvalue weighted by Crippen LogP contribution is -1.95. The summed E-state index contributed by atoms with van der Waals surface area (Å²) < 4.78 is 10.3. The van der Waals surface area contributed by atoms with E-state index in [0.717, 1.165) is 0 Å². The molecule has 0 amide bonds. The van der Waals surface area contributed by atoms with Gasteiger partial charge in [-0.3, -0.25) is 0 Å². The van der Waals surface area contributed by atoms with Crippen molar-refractivity contribution in [3.05, 3.63) is 170 Å². The summed E-state index contributed by atoms with van der Waals surface area (Å²) in [5.41, 5.74) is 9.90. The van der Waals surface area contributed by atoms with Crippen LogP contribution >= 0.6 is 22.7 Å². The van der Waals surface area contributed by atoms with Crippen molar-refractivity contribution in [1.29, 1.82) is 0 Å². The molecular weight excluding hydrogens is 669 g/mol. The van der Waals surface area contributed by atoms with Crippen LogP contribution < -0.4 is 0 Å². The number of aromatic nitrogens is 2. The van der Waals surface area contributed by atoms with E-state index < -0.39 is 0 Å². The van der Waals surface area contributed by atoms with Crippen LogP contribution in [0, 0.1) is 0 Å². The zero-order valence-electron chi connectivity index (χ0n) is 27.9. The molecule has 0 saturated carbocycles. The van der Waals surface area contributed by atoms with Crippen molar-refractivity contribution in [3.8, 4) is 22.5 Å². The van der Waals surface area contributed by atoms with Crippen molar-refractivity contribution < 1.29 is 0 Å². The van der Waals surface area contributed by atoms with E-state index in [1.807, 2.05) is 22.7 Å². The van der Waals surface area contributed by atoms with Gasteiger partial charge in [-0.15, -0.1) is 22.7 Å². The first-order valence-corrected chi connectivity index (χ1v) is 19.3. The fraction of sp³-hybridized carbons (Fsp3) is 0. The van der Waals surface area contributed by atoms with Crippen LogP contribution in [0.2, 0.25) is 0 Å². The SMILES string of the molecule is c1ccc(-n2c3ccccc3c3ccc4c(c5ccccc5n4-c4cccc5sc6c(-c7cccc8sc9ccccc9c78)cccc6c45)c32)cc1. The maximum Gasteiger partial charge on any atom is 0.0641 e. The Morgan fingerprint density at radius 3 is 1.83 bits per heavy atom. The Labute approximate surface area is 306 Å². The third-order valence-corrected chi connectivity index (χ3v) is 13.3. The number of hydrogen-bond donors (Lipinski definition) is 0. The van der Waals surface area contributed by atoms with E-state index in [0.29, 0.717) is 0 Å². The summed E-state index contributed by atoms with van der Waals surface area (Å²) in [6.07, 6.45) is 0. The van der Waals surface area contributed by atoms with E-state index in [-0.39, 0.29) is 0 Å². The van der Waals surface area contributed by atoms with E-state index in [9.17, 15) is 0 Å². The monoisotopic (exact) mass is 696 g/mol. The molecule has 0 N–H and O–H groups in total. The molecule has 0 radical (unpaired) electrons.